The molecule has 0 bridgehead atoms. The van der Waals surface area contributed by atoms with Crippen LogP contribution in [0.25, 0.3) is 10.9 Å². The fraction of sp³-hybridized carbons (Fsp3) is 0.0588. The molecule has 0 saturated heterocycles. The molecular formula is C17H13BrNO+. The normalized spacial score (nSPS) is 10.7. The van der Waals surface area contributed by atoms with E-state index in [-0.39, 0.29) is 5.78 Å². The number of Topliss-reactive ketones (excluding diaryl/α,β-unsaturated/α-hetero) is 1. The number of pyridine rings is 1. The minimum atomic E-state index is 0.114. The van der Waals surface area contributed by atoms with Gasteiger partial charge in [0.25, 0.3) is 0 Å². The first-order chi connectivity index (χ1) is 9.75. The number of aromatic nitrogens is 1. The maximum Gasteiger partial charge on any atom is 0.227 e. The van der Waals surface area contributed by atoms with E-state index in [0.717, 1.165) is 20.9 Å². The molecule has 1 heterocycles. The average molecular weight is 327 g/mol. The lowest BCUT2D eigenvalue weighted by Crippen LogP contribution is -2.38. The van der Waals surface area contributed by atoms with Crippen LogP contribution in [0.3, 0.4) is 0 Å². The number of ketones is 1. The summed E-state index contributed by atoms with van der Waals surface area (Å²) in [5.74, 6) is 0.114. The summed E-state index contributed by atoms with van der Waals surface area (Å²) in [4.78, 5) is 12.3. The smallest absolute Gasteiger partial charge is 0.227 e. The Bertz CT molecular complexity index is 768. The molecule has 0 aliphatic rings. The number of fused-ring (bicyclic) bond motifs is 1. The van der Waals surface area contributed by atoms with Gasteiger partial charge in [0.2, 0.25) is 17.8 Å². The van der Waals surface area contributed by atoms with Crippen molar-refractivity contribution in [2.24, 2.45) is 0 Å². The number of carbonyl (C=O) groups excluding carboxylic acids is 1. The minimum absolute atomic E-state index is 0.114. The summed E-state index contributed by atoms with van der Waals surface area (Å²) in [6.45, 7) is 0.345. The van der Waals surface area contributed by atoms with E-state index >= 15 is 0 Å². The quantitative estimate of drug-likeness (QED) is 0.530. The van der Waals surface area contributed by atoms with Gasteiger partial charge in [-0.3, -0.25) is 4.79 Å². The Morgan fingerprint density at radius 3 is 2.45 bits per heavy atom. The molecule has 20 heavy (non-hydrogen) atoms. The molecule has 0 amide bonds. The number of hydrogen-bond acceptors (Lipinski definition) is 1. The van der Waals surface area contributed by atoms with E-state index in [1.165, 1.54) is 0 Å². The standard InChI is InChI=1S/C17H13BrNO/c18-15-10-11-19(16-9-5-4-8-14(15)16)12-17(20)13-6-2-1-3-7-13/h1-11H,12H2/q+1. The zero-order valence-electron chi connectivity index (χ0n) is 10.8. The molecule has 0 aliphatic heterocycles. The molecule has 0 fully saturated rings. The van der Waals surface area contributed by atoms with Gasteiger partial charge >= 0.3 is 0 Å². The van der Waals surface area contributed by atoms with Gasteiger partial charge in [-0.1, -0.05) is 42.5 Å². The monoisotopic (exact) mass is 326 g/mol. The summed E-state index contributed by atoms with van der Waals surface area (Å²) < 4.78 is 3.02. The van der Waals surface area contributed by atoms with Crippen LogP contribution in [0.1, 0.15) is 10.4 Å². The van der Waals surface area contributed by atoms with E-state index in [1.54, 1.807) is 0 Å². The van der Waals surface area contributed by atoms with Gasteiger partial charge in [0, 0.05) is 22.2 Å². The van der Waals surface area contributed by atoms with E-state index < -0.39 is 0 Å². The number of halogens is 1. The number of nitrogens with zero attached hydrogens (tertiary/aromatic N) is 1. The van der Waals surface area contributed by atoms with Crippen molar-refractivity contribution in [1.29, 1.82) is 0 Å². The van der Waals surface area contributed by atoms with Crippen LogP contribution in [0.4, 0.5) is 0 Å². The van der Waals surface area contributed by atoms with Gasteiger partial charge in [0.15, 0.2) is 6.20 Å². The van der Waals surface area contributed by atoms with Crippen molar-refractivity contribution in [3.05, 3.63) is 76.9 Å². The average Bonchev–Trinajstić information content (AvgIpc) is 2.51. The number of hydrogen-bond donors (Lipinski definition) is 0. The fourth-order valence-corrected chi connectivity index (χ4v) is 2.71. The van der Waals surface area contributed by atoms with Gasteiger partial charge < -0.3 is 0 Å². The van der Waals surface area contributed by atoms with Gasteiger partial charge in [0.05, 0.1) is 5.39 Å². The van der Waals surface area contributed by atoms with Gasteiger partial charge in [0.1, 0.15) is 0 Å². The molecule has 1 aromatic heterocycles. The lowest BCUT2D eigenvalue weighted by molar-refractivity contribution is -0.657. The molecule has 2 nitrogen and oxygen atoms in total. The molecule has 0 spiro atoms. The SMILES string of the molecule is O=C(C[n+]1ccc(Br)c2ccccc21)c1ccccc1. The Morgan fingerprint density at radius 1 is 0.950 bits per heavy atom. The zero-order valence-corrected chi connectivity index (χ0v) is 12.4. The fourth-order valence-electron chi connectivity index (χ4n) is 2.26. The first-order valence-electron chi connectivity index (χ1n) is 6.40. The molecule has 0 radical (unpaired) electrons. The van der Waals surface area contributed by atoms with Crippen LogP contribution in [0.5, 0.6) is 0 Å². The van der Waals surface area contributed by atoms with Crippen LogP contribution in [0, 0.1) is 0 Å². The Balaban J connectivity index is 2.00. The Kier molecular flexibility index (Phi) is 3.61. The predicted octanol–water partition coefficient (Wildman–Crippen LogP) is 3.77. The third kappa shape index (κ3) is 2.49. The van der Waals surface area contributed by atoms with E-state index in [0.29, 0.717) is 6.54 Å². The highest BCUT2D eigenvalue weighted by Gasteiger charge is 2.16. The second-order valence-electron chi connectivity index (χ2n) is 4.60. The highest BCUT2D eigenvalue weighted by molar-refractivity contribution is 9.10. The molecule has 2 aromatic carbocycles. The highest BCUT2D eigenvalue weighted by atomic mass is 79.9. The van der Waals surface area contributed by atoms with E-state index in [1.807, 2.05) is 71.4 Å². The van der Waals surface area contributed by atoms with Crippen LogP contribution in [0.2, 0.25) is 0 Å². The highest BCUT2D eigenvalue weighted by Crippen LogP contribution is 2.20. The predicted molar refractivity (Wildman–Crippen MR) is 82.6 cm³/mol. The maximum absolute atomic E-state index is 12.3. The van der Waals surface area contributed by atoms with Gasteiger partial charge in [-0.15, -0.1) is 0 Å². The van der Waals surface area contributed by atoms with Crippen molar-refractivity contribution in [2.75, 3.05) is 0 Å². The van der Waals surface area contributed by atoms with Crippen LogP contribution >= 0.6 is 15.9 Å². The first-order valence-corrected chi connectivity index (χ1v) is 7.20. The minimum Gasteiger partial charge on any atom is -0.287 e. The lowest BCUT2D eigenvalue weighted by Gasteiger charge is -2.03. The molecule has 0 aliphatic carbocycles. The lowest BCUT2D eigenvalue weighted by atomic mass is 10.1. The van der Waals surface area contributed by atoms with Crippen LogP contribution in [-0.2, 0) is 6.54 Å². The van der Waals surface area contributed by atoms with Crippen molar-refractivity contribution in [3.63, 3.8) is 0 Å². The molecule has 0 N–H and O–H groups in total. The number of para-hydroxylation sites is 1. The summed E-state index contributed by atoms with van der Waals surface area (Å²) in [6.07, 6.45) is 1.94. The first kappa shape index (κ1) is 13.0. The molecular weight excluding hydrogens is 314 g/mol. The van der Waals surface area contributed by atoms with E-state index in [2.05, 4.69) is 15.9 Å². The maximum atomic E-state index is 12.3. The number of benzene rings is 2. The molecule has 3 aromatic rings. The van der Waals surface area contributed by atoms with Crippen molar-refractivity contribution in [3.8, 4) is 0 Å². The molecule has 0 atom stereocenters. The largest absolute Gasteiger partial charge is 0.287 e. The third-order valence-electron chi connectivity index (χ3n) is 3.28. The molecule has 3 heteroatoms. The number of carbonyl (C=O) groups is 1. The van der Waals surface area contributed by atoms with Crippen LogP contribution < -0.4 is 4.57 Å². The number of rotatable bonds is 3. The molecule has 0 unspecified atom stereocenters. The van der Waals surface area contributed by atoms with Crippen molar-refractivity contribution in [2.45, 2.75) is 6.54 Å². The molecule has 0 saturated carbocycles. The summed E-state index contributed by atoms with van der Waals surface area (Å²) in [5, 5.41) is 1.11. The van der Waals surface area contributed by atoms with Crippen LogP contribution in [-0.4, -0.2) is 5.78 Å². The Hall–Kier alpha value is -2.00. The van der Waals surface area contributed by atoms with Crippen molar-refractivity contribution in [1.82, 2.24) is 0 Å². The Labute approximate surface area is 125 Å². The van der Waals surface area contributed by atoms with Gasteiger partial charge in [-0.05, 0) is 22.0 Å². The second-order valence-corrected chi connectivity index (χ2v) is 5.45. The topological polar surface area (TPSA) is 20.9 Å². The Morgan fingerprint density at radius 2 is 1.65 bits per heavy atom. The van der Waals surface area contributed by atoms with Crippen molar-refractivity contribution >= 4 is 32.6 Å². The van der Waals surface area contributed by atoms with Crippen molar-refractivity contribution < 1.29 is 9.36 Å². The molecule has 3 rings (SSSR count). The molecule has 98 valence electrons. The summed E-state index contributed by atoms with van der Waals surface area (Å²) in [6, 6.07) is 19.4. The van der Waals surface area contributed by atoms with Gasteiger partial charge in [-0.25, -0.2) is 0 Å². The summed E-state index contributed by atoms with van der Waals surface area (Å²) in [5.41, 5.74) is 1.79. The van der Waals surface area contributed by atoms with Crippen LogP contribution in [0.15, 0.2) is 71.3 Å². The zero-order chi connectivity index (χ0) is 13.9. The summed E-state index contributed by atoms with van der Waals surface area (Å²) in [7, 11) is 0. The second kappa shape index (κ2) is 5.55. The van der Waals surface area contributed by atoms with E-state index in [4.69, 9.17) is 0 Å². The van der Waals surface area contributed by atoms with E-state index in [9.17, 15) is 4.79 Å². The van der Waals surface area contributed by atoms with Gasteiger partial charge in [-0.2, -0.15) is 4.57 Å². The summed E-state index contributed by atoms with van der Waals surface area (Å²) >= 11 is 3.54. The third-order valence-corrected chi connectivity index (χ3v) is 3.97.